The maximum atomic E-state index is 6.36. The van der Waals surface area contributed by atoms with E-state index in [2.05, 4.69) is 34.3 Å². The Bertz CT molecular complexity index is 904. The Hall–Kier alpha value is -1.14. The van der Waals surface area contributed by atoms with Gasteiger partial charge in [0, 0.05) is 31.1 Å². The van der Waals surface area contributed by atoms with Crippen molar-refractivity contribution in [2.75, 3.05) is 42.2 Å². The number of halogens is 2. The number of fused-ring (bicyclic) bond motifs is 1. The number of rotatable bonds is 3. The fraction of sp³-hybridized carbons (Fsp3) is 0.278. The molecule has 7 heteroatoms. The minimum absolute atomic E-state index is 0.609. The number of thioether (sulfide) groups is 1. The highest BCUT2D eigenvalue weighted by Gasteiger charge is 2.22. The molecule has 0 radical (unpaired) electrons. The predicted octanol–water partition coefficient (Wildman–Crippen LogP) is 5.65. The summed E-state index contributed by atoms with van der Waals surface area (Å²) in [5, 5.41) is 2.35. The molecule has 4 rings (SSSR count). The van der Waals surface area contributed by atoms with E-state index in [1.807, 2.05) is 18.2 Å². The Morgan fingerprint density at radius 3 is 2.56 bits per heavy atom. The summed E-state index contributed by atoms with van der Waals surface area (Å²) < 4.78 is 1.25. The van der Waals surface area contributed by atoms with Crippen molar-refractivity contribution in [2.45, 2.75) is 4.90 Å². The largest absolute Gasteiger partial charge is 0.367 e. The van der Waals surface area contributed by atoms with E-state index in [0.29, 0.717) is 10.0 Å². The lowest BCUT2D eigenvalue weighted by molar-refractivity contribution is 0.652. The molecule has 0 atom stereocenters. The summed E-state index contributed by atoms with van der Waals surface area (Å²) >= 11 is 16.0. The molecule has 3 aromatic rings. The molecule has 1 aliphatic heterocycles. The van der Waals surface area contributed by atoms with Gasteiger partial charge < -0.3 is 9.80 Å². The molecule has 130 valence electrons. The van der Waals surface area contributed by atoms with Crippen LogP contribution in [0.1, 0.15) is 0 Å². The molecule has 2 aromatic carbocycles. The van der Waals surface area contributed by atoms with Crippen LogP contribution in [0.2, 0.25) is 10.0 Å². The number of hydrogen-bond donors (Lipinski definition) is 0. The summed E-state index contributed by atoms with van der Waals surface area (Å²) in [5.74, 6) is 0. The Kier molecular flexibility index (Phi) is 5.00. The smallest absolute Gasteiger partial charge is 0.186 e. The summed E-state index contributed by atoms with van der Waals surface area (Å²) in [6.45, 7) is 3.67. The topological polar surface area (TPSA) is 19.4 Å². The zero-order chi connectivity index (χ0) is 17.4. The second-order valence-corrected chi connectivity index (χ2v) is 8.55. The summed E-state index contributed by atoms with van der Waals surface area (Å²) in [4.78, 5) is 10.7. The van der Waals surface area contributed by atoms with Crippen LogP contribution in [-0.4, -0.2) is 37.4 Å². The van der Waals surface area contributed by atoms with Gasteiger partial charge in [-0.05, 0) is 36.6 Å². The molecule has 0 saturated carbocycles. The molecule has 0 spiro atoms. The van der Waals surface area contributed by atoms with E-state index in [0.717, 1.165) is 42.5 Å². The number of benzene rings is 2. The van der Waals surface area contributed by atoms with Crippen LogP contribution in [0.5, 0.6) is 0 Å². The van der Waals surface area contributed by atoms with Crippen LogP contribution >= 0.6 is 46.3 Å². The van der Waals surface area contributed by atoms with Crippen molar-refractivity contribution < 1.29 is 0 Å². The molecule has 3 nitrogen and oxygen atoms in total. The van der Waals surface area contributed by atoms with E-state index in [1.165, 1.54) is 9.60 Å². The van der Waals surface area contributed by atoms with Crippen molar-refractivity contribution >= 4 is 67.3 Å². The van der Waals surface area contributed by atoms with Gasteiger partial charge in [0.25, 0.3) is 0 Å². The monoisotopic (exact) mass is 409 g/mol. The second kappa shape index (κ2) is 7.23. The maximum Gasteiger partial charge on any atom is 0.186 e. The predicted molar refractivity (Wildman–Crippen MR) is 112 cm³/mol. The van der Waals surface area contributed by atoms with Crippen LogP contribution in [0, 0.1) is 0 Å². The molecule has 0 amide bonds. The second-order valence-electron chi connectivity index (χ2n) is 5.88. The molecule has 2 heterocycles. The molecule has 0 N–H and O–H groups in total. The van der Waals surface area contributed by atoms with Crippen LogP contribution in [0.25, 0.3) is 10.2 Å². The fourth-order valence-corrected chi connectivity index (χ4v) is 5.02. The van der Waals surface area contributed by atoms with E-state index in [4.69, 9.17) is 28.2 Å². The highest BCUT2D eigenvalue weighted by Crippen LogP contribution is 2.35. The molecular weight excluding hydrogens is 393 g/mol. The van der Waals surface area contributed by atoms with Crippen molar-refractivity contribution in [2.24, 2.45) is 0 Å². The maximum absolute atomic E-state index is 6.36. The minimum atomic E-state index is 0.609. The number of aromatic nitrogens is 1. The van der Waals surface area contributed by atoms with E-state index >= 15 is 0 Å². The Morgan fingerprint density at radius 1 is 1.04 bits per heavy atom. The van der Waals surface area contributed by atoms with E-state index in [9.17, 15) is 0 Å². The molecule has 0 aliphatic carbocycles. The third-order valence-corrected chi connectivity index (χ3v) is 7.02. The molecule has 1 aromatic heterocycles. The first kappa shape index (κ1) is 17.3. The van der Waals surface area contributed by atoms with E-state index in [-0.39, 0.29) is 0 Å². The number of piperazine rings is 1. The standard InChI is InChI=1S/C18H17Cl2N3S2/c1-24-12-5-6-14-16(11-12)25-18(21-14)23-9-7-22(8-10-23)15-4-2-3-13(19)17(15)20/h2-6,11H,7-10H2,1H3. The third kappa shape index (κ3) is 3.43. The van der Waals surface area contributed by atoms with E-state index < -0.39 is 0 Å². The lowest BCUT2D eigenvalue weighted by Gasteiger charge is -2.36. The highest BCUT2D eigenvalue weighted by atomic mass is 35.5. The summed E-state index contributed by atoms with van der Waals surface area (Å²) in [5.41, 5.74) is 2.10. The summed E-state index contributed by atoms with van der Waals surface area (Å²) in [6.07, 6.45) is 2.10. The van der Waals surface area contributed by atoms with Crippen molar-refractivity contribution in [1.29, 1.82) is 0 Å². The van der Waals surface area contributed by atoms with Gasteiger partial charge >= 0.3 is 0 Å². The van der Waals surface area contributed by atoms with Gasteiger partial charge in [-0.25, -0.2) is 4.98 Å². The van der Waals surface area contributed by atoms with E-state index in [1.54, 1.807) is 23.1 Å². The van der Waals surface area contributed by atoms with Gasteiger partial charge in [0.05, 0.1) is 25.9 Å². The molecular formula is C18H17Cl2N3S2. The van der Waals surface area contributed by atoms with Crippen LogP contribution < -0.4 is 9.80 Å². The quantitative estimate of drug-likeness (QED) is 0.520. The molecule has 1 saturated heterocycles. The first-order valence-electron chi connectivity index (χ1n) is 8.04. The Labute approximate surface area is 165 Å². The van der Waals surface area contributed by atoms with Crippen LogP contribution in [-0.2, 0) is 0 Å². The van der Waals surface area contributed by atoms with Gasteiger partial charge in [-0.1, -0.05) is 40.6 Å². The first-order chi connectivity index (χ1) is 12.2. The lowest BCUT2D eigenvalue weighted by atomic mass is 10.2. The van der Waals surface area contributed by atoms with Crippen LogP contribution in [0.4, 0.5) is 10.8 Å². The van der Waals surface area contributed by atoms with Gasteiger partial charge in [-0.3, -0.25) is 0 Å². The molecule has 25 heavy (non-hydrogen) atoms. The zero-order valence-corrected chi connectivity index (χ0v) is 16.9. The number of thiazole rings is 1. The van der Waals surface area contributed by atoms with Crippen LogP contribution in [0.15, 0.2) is 41.3 Å². The van der Waals surface area contributed by atoms with Gasteiger partial charge in [-0.15, -0.1) is 11.8 Å². The van der Waals surface area contributed by atoms with Gasteiger partial charge in [0.2, 0.25) is 0 Å². The number of hydrogen-bond acceptors (Lipinski definition) is 5. The summed E-state index contributed by atoms with van der Waals surface area (Å²) in [6, 6.07) is 12.3. The first-order valence-corrected chi connectivity index (χ1v) is 10.8. The molecule has 1 fully saturated rings. The summed E-state index contributed by atoms with van der Waals surface area (Å²) in [7, 11) is 0. The van der Waals surface area contributed by atoms with Crippen molar-refractivity contribution in [3.05, 3.63) is 46.4 Å². The highest BCUT2D eigenvalue weighted by molar-refractivity contribution is 7.98. The van der Waals surface area contributed by atoms with Gasteiger partial charge in [0.15, 0.2) is 5.13 Å². The van der Waals surface area contributed by atoms with Crippen molar-refractivity contribution in [3.63, 3.8) is 0 Å². The normalized spacial score (nSPS) is 15.2. The fourth-order valence-electron chi connectivity index (χ4n) is 3.03. The van der Waals surface area contributed by atoms with Crippen molar-refractivity contribution in [3.8, 4) is 0 Å². The third-order valence-electron chi connectivity index (χ3n) is 4.41. The SMILES string of the molecule is CSc1ccc2nc(N3CCN(c4cccc(Cl)c4Cl)CC3)sc2c1. The molecule has 0 unspecified atom stereocenters. The van der Waals surface area contributed by atoms with Crippen LogP contribution in [0.3, 0.4) is 0 Å². The number of nitrogens with zero attached hydrogens (tertiary/aromatic N) is 3. The van der Waals surface area contributed by atoms with Gasteiger partial charge in [-0.2, -0.15) is 0 Å². The van der Waals surface area contributed by atoms with Crippen molar-refractivity contribution in [1.82, 2.24) is 4.98 Å². The minimum Gasteiger partial charge on any atom is -0.367 e. The molecule has 0 bridgehead atoms. The Morgan fingerprint density at radius 2 is 1.80 bits per heavy atom. The Balaban J connectivity index is 1.51. The average molecular weight is 410 g/mol. The van der Waals surface area contributed by atoms with Gasteiger partial charge in [0.1, 0.15) is 0 Å². The zero-order valence-electron chi connectivity index (χ0n) is 13.7. The molecule has 1 aliphatic rings. The number of anilines is 2. The lowest BCUT2D eigenvalue weighted by Crippen LogP contribution is -2.46. The average Bonchev–Trinajstić information content (AvgIpc) is 3.07.